The third-order valence-electron chi connectivity index (χ3n) is 2.53. The first kappa shape index (κ1) is 11.7. The molecular formula is C13H9N3O2S. The average Bonchev–Trinajstić information content (AvgIpc) is 2.81. The molecule has 0 aliphatic rings. The lowest BCUT2D eigenvalue weighted by Crippen LogP contribution is -1.99. The van der Waals surface area contributed by atoms with Crippen molar-refractivity contribution in [1.82, 2.24) is 15.0 Å². The van der Waals surface area contributed by atoms with Crippen LogP contribution >= 0.6 is 11.8 Å². The minimum absolute atomic E-state index is 0.0288. The predicted molar refractivity (Wildman–Crippen MR) is 71.4 cm³/mol. The van der Waals surface area contributed by atoms with Crippen LogP contribution in [0.1, 0.15) is 10.5 Å². The number of carbonyl (C=O) groups is 1. The normalized spacial score (nSPS) is 10.7. The number of nitrogens with zero attached hydrogens (tertiary/aromatic N) is 2. The molecule has 0 amide bonds. The Bertz CT molecular complexity index is 721. The predicted octanol–water partition coefficient (Wildman–Crippen LogP) is 2.81. The molecule has 6 heteroatoms. The van der Waals surface area contributed by atoms with Gasteiger partial charge in [0.15, 0.2) is 5.16 Å². The standard InChI is InChI=1S/C13H9N3O2S/c17-12(18)11-7-8(5-6-14-11)19-13-15-9-3-1-2-4-10(9)16-13/h1-7H,(H,15,16)(H,17,18). The molecule has 94 valence electrons. The second-order valence-electron chi connectivity index (χ2n) is 3.84. The van der Waals surface area contributed by atoms with Gasteiger partial charge in [0, 0.05) is 11.1 Å². The van der Waals surface area contributed by atoms with Crippen LogP contribution in [0.15, 0.2) is 52.6 Å². The molecule has 2 N–H and O–H groups in total. The number of aromatic amines is 1. The van der Waals surface area contributed by atoms with E-state index < -0.39 is 5.97 Å². The van der Waals surface area contributed by atoms with Crippen LogP contribution in [-0.4, -0.2) is 26.0 Å². The molecule has 0 fully saturated rings. The van der Waals surface area contributed by atoms with Crippen molar-refractivity contribution < 1.29 is 9.90 Å². The van der Waals surface area contributed by atoms with Crippen molar-refractivity contribution in [2.24, 2.45) is 0 Å². The van der Waals surface area contributed by atoms with Gasteiger partial charge in [0.25, 0.3) is 0 Å². The number of aromatic carboxylic acids is 1. The molecule has 0 spiro atoms. The summed E-state index contributed by atoms with van der Waals surface area (Å²) in [6.45, 7) is 0. The molecule has 0 saturated carbocycles. The van der Waals surface area contributed by atoms with E-state index in [1.807, 2.05) is 24.3 Å². The molecule has 19 heavy (non-hydrogen) atoms. The molecule has 0 aliphatic carbocycles. The zero-order valence-corrected chi connectivity index (χ0v) is 10.5. The Labute approximate surface area is 112 Å². The molecule has 0 unspecified atom stereocenters. The maximum Gasteiger partial charge on any atom is 0.354 e. The van der Waals surface area contributed by atoms with Gasteiger partial charge in [-0.1, -0.05) is 23.9 Å². The van der Waals surface area contributed by atoms with Crippen molar-refractivity contribution in [3.8, 4) is 0 Å². The number of fused-ring (bicyclic) bond motifs is 1. The van der Waals surface area contributed by atoms with Crippen LogP contribution in [0.5, 0.6) is 0 Å². The largest absolute Gasteiger partial charge is 0.477 e. The summed E-state index contributed by atoms with van der Waals surface area (Å²) < 4.78 is 0. The Morgan fingerprint density at radius 3 is 2.89 bits per heavy atom. The summed E-state index contributed by atoms with van der Waals surface area (Å²) in [4.78, 5) is 23.0. The molecule has 3 rings (SSSR count). The molecule has 0 saturated heterocycles. The van der Waals surface area contributed by atoms with E-state index in [0.29, 0.717) is 0 Å². The van der Waals surface area contributed by atoms with E-state index >= 15 is 0 Å². The minimum Gasteiger partial charge on any atom is -0.477 e. The van der Waals surface area contributed by atoms with E-state index in [9.17, 15) is 4.79 Å². The van der Waals surface area contributed by atoms with Crippen molar-refractivity contribution in [2.45, 2.75) is 10.1 Å². The van der Waals surface area contributed by atoms with Gasteiger partial charge in [-0.2, -0.15) is 0 Å². The number of pyridine rings is 1. The second kappa shape index (κ2) is 4.74. The second-order valence-corrected chi connectivity index (χ2v) is 4.91. The Morgan fingerprint density at radius 2 is 2.11 bits per heavy atom. The maximum atomic E-state index is 10.9. The van der Waals surface area contributed by atoms with Crippen molar-refractivity contribution in [3.05, 3.63) is 48.3 Å². The third-order valence-corrected chi connectivity index (χ3v) is 3.41. The number of para-hydroxylation sites is 2. The Kier molecular flexibility index (Phi) is 2.92. The summed E-state index contributed by atoms with van der Waals surface area (Å²) >= 11 is 1.37. The monoisotopic (exact) mass is 271 g/mol. The highest BCUT2D eigenvalue weighted by molar-refractivity contribution is 7.99. The van der Waals surface area contributed by atoms with E-state index in [4.69, 9.17) is 5.11 Å². The van der Waals surface area contributed by atoms with Gasteiger partial charge < -0.3 is 10.1 Å². The number of hydrogen-bond acceptors (Lipinski definition) is 4. The fraction of sp³-hybridized carbons (Fsp3) is 0. The van der Waals surface area contributed by atoms with E-state index in [1.165, 1.54) is 24.0 Å². The summed E-state index contributed by atoms with van der Waals surface area (Å²) in [5, 5.41) is 9.62. The van der Waals surface area contributed by atoms with Crippen LogP contribution in [0.4, 0.5) is 0 Å². The summed E-state index contributed by atoms with van der Waals surface area (Å²) in [6, 6.07) is 11.0. The van der Waals surface area contributed by atoms with E-state index in [0.717, 1.165) is 21.1 Å². The van der Waals surface area contributed by atoms with Crippen molar-refractivity contribution in [1.29, 1.82) is 0 Å². The van der Waals surface area contributed by atoms with Gasteiger partial charge in [-0.25, -0.2) is 14.8 Å². The zero-order chi connectivity index (χ0) is 13.2. The molecule has 5 nitrogen and oxygen atoms in total. The summed E-state index contributed by atoms with van der Waals surface area (Å²) in [6.07, 6.45) is 1.48. The van der Waals surface area contributed by atoms with Crippen LogP contribution in [0.25, 0.3) is 11.0 Å². The lowest BCUT2D eigenvalue weighted by Gasteiger charge is -1.98. The Hall–Kier alpha value is -2.34. The van der Waals surface area contributed by atoms with Gasteiger partial charge in [-0.15, -0.1) is 0 Å². The quantitative estimate of drug-likeness (QED) is 0.765. The number of rotatable bonds is 3. The fourth-order valence-corrected chi connectivity index (χ4v) is 2.51. The van der Waals surface area contributed by atoms with Crippen LogP contribution in [0.3, 0.4) is 0 Å². The molecule has 0 bridgehead atoms. The van der Waals surface area contributed by atoms with Crippen molar-refractivity contribution >= 4 is 28.8 Å². The average molecular weight is 271 g/mol. The summed E-state index contributed by atoms with van der Waals surface area (Å²) in [7, 11) is 0. The highest BCUT2D eigenvalue weighted by atomic mass is 32.2. The first-order chi connectivity index (χ1) is 9.22. The number of aromatic nitrogens is 3. The van der Waals surface area contributed by atoms with E-state index in [2.05, 4.69) is 15.0 Å². The van der Waals surface area contributed by atoms with Gasteiger partial charge >= 0.3 is 5.97 Å². The van der Waals surface area contributed by atoms with Gasteiger partial charge in [-0.05, 0) is 24.3 Å². The fourth-order valence-electron chi connectivity index (χ4n) is 1.68. The molecule has 0 radical (unpaired) electrons. The highest BCUT2D eigenvalue weighted by Crippen LogP contribution is 2.27. The smallest absolute Gasteiger partial charge is 0.354 e. The van der Waals surface area contributed by atoms with Gasteiger partial charge in [0.1, 0.15) is 5.69 Å². The van der Waals surface area contributed by atoms with Crippen molar-refractivity contribution in [3.63, 3.8) is 0 Å². The molecular weight excluding hydrogens is 262 g/mol. The van der Waals surface area contributed by atoms with E-state index in [-0.39, 0.29) is 5.69 Å². The number of benzene rings is 1. The number of imidazole rings is 1. The maximum absolute atomic E-state index is 10.9. The number of nitrogens with one attached hydrogen (secondary N) is 1. The molecule has 0 aliphatic heterocycles. The van der Waals surface area contributed by atoms with Gasteiger partial charge in [-0.3, -0.25) is 0 Å². The number of carboxylic acid groups (broad SMARTS) is 1. The lowest BCUT2D eigenvalue weighted by atomic mass is 10.3. The first-order valence-corrected chi connectivity index (χ1v) is 6.36. The highest BCUT2D eigenvalue weighted by Gasteiger charge is 2.08. The summed E-state index contributed by atoms with van der Waals surface area (Å²) in [5.74, 6) is -1.04. The van der Waals surface area contributed by atoms with Gasteiger partial charge in [0.2, 0.25) is 0 Å². The zero-order valence-electron chi connectivity index (χ0n) is 9.70. The molecule has 2 heterocycles. The van der Waals surface area contributed by atoms with Gasteiger partial charge in [0.05, 0.1) is 11.0 Å². The minimum atomic E-state index is -1.04. The van der Waals surface area contributed by atoms with E-state index in [1.54, 1.807) is 6.07 Å². The topological polar surface area (TPSA) is 78.9 Å². The van der Waals surface area contributed by atoms with Crippen LogP contribution in [-0.2, 0) is 0 Å². The van der Waals surface area contributed by atoms with Crippen LogP contribution < -0.4 is 0 Å². The molecule has 1 aromatic carbocycles. The number of hydrogen-bond donors (Lipinski definition) is 2. The summed E-state index contributed by atoms with van der Waals surface area (Å²) in [5.41, 5.74) is 1.87. The number of carboxylic acids is 1. The third kappa shape index (κ3) is 2.43. The SMILES string of the molecule is O=C(O)c1cc(Sc2nc3ccccc3[nH]2)ccn1. The Balaban J connectivity index is 1.92. The van der Waals surface area contributed by atoms with Crippen LogP contribution in [0.2, 0.25) is 0 Å². The van der Waals surface area contributed by atoms with Crippen molar-refractivity contribution in [2.75, 3.05) is 0 Å². The Morgan fingerprint density at radius 1 is 1.26 bits per heavy atom. The molecule has 2 aromatic heterocycles. The first-order valence-electron chi connectivity index (χ1n) is 5.54. The lowest BCUT2D eigenvalue weighted by molar-refractivity contribution is 0.0690. The number of H-pyrrole nitrogens is 1. The van der Waals surface area contributed by atoms with Crippen LogP contribution in [0, 0.1) is 0 Å². The molecule has 0 atom stereocenters. The molecule has 3 aromatic rings.